The minimum absolute atomic E-state index is 0.160. The Morgan fingerprint density at radius 2 is 2.50 bits per heavy atom. The molecule has 4 heteroatoms. The molecule has 3 nitrogen and oxygen atoms in total. The molecule has 1 atom stereocenters. The molecule has 1 aliphatic rings. The number of thioether (sulfide) groups is 1. The van der Waals surface area contributed by atoms with Gasteiger partial charge in [0.15, 0.2) is 0 Å². The van der Waals surface area contributed by atoms with Crippen LogP contribution in [0.3, 0.4) is 0 Å². The molecule has 0 bridgehead atoms. The molecule has 0 aromatic rings. The summed E-state index contributed by atoms with van der Waals surface area (Å²) in [5, 5.41) is 3.00. The molecule has 0 aromatic heterocycles. The molecule has 1 amide bonds. The highest BCUT2D eigenvalue weighted by molar-refractivity contribution is 7.99. The van der Waals surface area contributed by atoms with E-state index in [9.17, 15) is 4.79 Å². The quantitative estimate of drug-likeness (QED) is 0.669. The molecule has 1 heterocycles. The zero-order valence-electron chi connectivity index (χ0n) is 7.21. The van der Waals surface area contributed by atoms with Crippen molar-refractivity contribution in [2.75, 3.05) is 18.1 Å². The van der Waals surface area contributed by atoms with Gasteiger partial charge in [-0.2, -0.15) is 11.8 Å². The summed E-state index contributed by atoms with van der Waals surface area (Å²) in [5.41, 5.74) is 5.30. The second-order valence-electron chi connectivity index (χ2n) is 3.02. The van der Waals surface area contributed by atoms with Crippen LogP contribution in [0.1, 0.15) is 19.3 Å². The van der Waals surface area contributed by atoms with Crippen LogP contribution < -0.4 is 11.1 Å². The Balaban J connectivity index is 2.08. The molecule has 0 aliphatic carbocycles. The fourth-order valence-corrected chi connectivity index (χ4v) is 2.36. The summed E-state index contributed by atoms with van der Waals surface area (Å²) in [6.45, 7) is 0.604. The average Bonchev–Trinajstić information content (AvgIpc) is 2.53. The molecule has 0 spiro atoms. The number of hydrogen-bond acceptors (Lipinski definition) is 3. The molecule has 70 valence electrons. The second-order valence-corrected chi connectivity index (χ2v) is 4.17. The van der Waals surface area contributed by atoms with Crippen molar-refractivity contribution in [1.82, 2.24) is 5.32 Å². The zero-order valence-corrected chi connectivity index (χ0v) is 8.03. The van der Waals surface area contributed by atoms with Crippen molar-refractivity contribution in [1.29, 1.82) is 0 Å². The first-order valence-corrected chi connectivity index (χ1v) is 5.55. The van der Waals surface area contributed by atoms with Crippen molar-refractivity contribution >= 4 is 17.7 Å². The van der Waals surface area contributed by atoms with Gasteiger partial charge in [-0.05, 0) is 25.1 Å². The highest BCUT2D eigenvalue weighted by Gasteiger charge is 2.16. The molecule has 12 heavy (non-hydrogen) atoms. The van der Waals surface area contributed by atoms with E-state index in [2.05, 4.69) is 5.32 Å². The minimum atomic E-state index is 0.160. The first-order valence-electron chi connectivity index (χ1n) is 4.40. The van der Waals surface area contributed by atoms with E-state index in [4.69, 9.17) is 5.73 Å². The Labute approximate surface area is 77.5 Å². The Morgan fingerprint density at radius 3 is 3.08 bits per heavy atom. The van der Waals surface area contributed by atoms with Gasteiger partial charge in [0.25, 0.3) is 0 Å². The van der Waals surface area contributed by atoms with Gasteiger partial charge in [0.1, 0.15) is 0 Å². The van der Waals surface area contributed by atoms with E-state index in [-0.39, 0.29) is 5.91 Å². The number of carbonyl (C=O) groups excluding carboxylic acids is 1. The molecule has 0 saturated carbocycles. The topological polar surface area (TPSA) is 55.1 Å². The van der Waals surface area contributed by atoms with Crippen molar-refractivity contribution < 1.29 is 4.79 Å². The molecule has 1 rings (SSSR count). The van der Waals surface area contributed by atoms with Crippen LogP contribution in [-0.4, -0.2) is 30.0 Å². The standard InChI is InChI=1S/C8H16N2OS/c9-4-1-2-8(11)10-7-3-5-12-6-7/h7H,1-6,9H2,(H,10,11). The van der Waals surface area contributed by atoms with Gasteiger partial charge in [0.2, 0.25) is 5.91 Å². The van der Waals surface area contributed by atoms with E-state index in [0.717, 1.165) is 18.6 Å². The van der Waals surface area contributed by atoms with Crippen LogP contribution in [0.5, 0.6) is 0 Å². The number of nitrogens with one attached hydrogen (secondary N) is 1. The van der Waals surface area contributed by atoms with E-state index >= 15 is 0 Å². The van der Waals surface area contributed by atoms with Gasteiger partial charge in [-0.3, -0.25) is 4.79 Å². The van der Waals surface area contributed by atoms with Crippen molar-refractivity contribution in [3.8, 4) is 0 Å². The molecule has 0 aromatic carbocycles. The second kappa shape index (κ2) is 5.43. The van der Waals surface area contributed by atoms with Gasteiger partial charge in [-0.15, -0.1) is 0 Å². The fraction of sp³-hybridized carbons (Fsp3) is 0.875. The van der Waals surface area contributed by atoms with Crippen LogP contribution in [0, 0.1) is 0 Å². The SMILES string of the molecule is NCCCC(=O)NC1CCSC1. The third-order valence-corrected chi connectivity index (χ3v) is 3.07. The molecular weight excluding hydrogens is 172 g/mol. The summed E-state index contributed by atoms with van der Waals surface area (Å²) >= 11 is 1.91. The van der Waals surface area contributed by atoms with Crippen LogP contribution in [0.4, 0.5) is 0 Å². The van der Waals surface area contributed by atoms with Gasteiger partial charge in [0, 0.05) is 18.2 Å². The first-order chi connectivity index (χ1) is 5.83. The van der Waals surface area contributed by atoms with Gasteiger partial charge in [0.05, 0.1) is 0 Å². The van der Waals surface area contributed by atoms with Gasteiger partial charge in [-0.1, -0.05) is 0 Å². The zero-order chi connectivity index (χ0) is 8.81. The number of hydrogen-bond donors (Lipinski definition) is 2. The molecule has 1 unspecified atom stereocenters. The molecule has 1 aliphatic heterocycles. The summed E-state index contributed by atoms with van der Waals surface area (Å²) in [7, 11) is 0. The monoisotopic (exact) mass is 188 g/mol. The summed E-state index contributed by atoms with van der Waals surface area (Å²) in [6.07, 6.45) is 2.50. The van der Waals surface area contributed by atoms with Crippen molar-refractivity contribution in [2.45, 2.75) is 25.3 Å². The van der Waals surface area contributed by atoms with E-state index in [1.807, 2.05) is 11.8 Å². The van der Waals surface area contributed by atoms with Crippen molar-refractivity contribution in [2.24, 2.45) is 5.73 Å². The number of amides is 1. The van der Waals surface area contributed by atoms with E-state index in [1.165, 1.54) is 5.75 Å². The lowest BCUT2D eigenvalue weighted by molar-refractivity contribution is -0.121. The first kappa shape index (κ1) is 9.86. The van der Waals surface area contributed by atoms with Crippen LogP contribution >= 0.6 is 11.8 Å². The van der Waals surface area contributed by atoms with Gasteiger partial charge in [-0.25, -0.2) is 0 Å². The molecule has 0 radical (unpaired) electrons. The Kier molecular flexibility index (Phi) is 4.46. The smallest absolute Gasteiger partial charge is 0.220 e. The van der Waals surface area contributed by atoms with Gasteiger partial charge < -0.3 is 11.1 Å². The number of nitrogens with two attached hydrogens (primary N) is 1. The van der Waals surface area contributed by atoms with Crippen molar-refractivity contribution in [3.63, 3.8) is 0 Å². The summed E-state index contributed by atoms with van der Waals surface area (Å²) in [5.74, 6) is 2.42. The van der Waals surface area contributed by atoms with Crippen LogP contribution in [0.25, 0.3) is 0 Å². The van der Waals surface area contributed by atoms with Gasteiger partial charge >= 0.3 is 0 Å². The Hall–Kier alpha value is -0.220. The van der Waals surface area contributed by atoms with Crippen LogP contribution in [0.15, 0.2) is 0 Å². The maximum Gasteiger partial charge on any atom is 0.220 e. The van der Waals surface area contributed by atoms with E-state index in [1.54, 1.807) is 0 Å². The predicted molar refractivity (Wildman–Crippen MR) is 52.2 cm³/mol. The molecule has 3 N–H and O–H groups in total. The molecular formula is C8H16N2OS. The lowest BCUT2D eigenvalue weighted by atomic mass is 10.2. The Morgan fingerprint density at radius 1 is 1.67 bits per heavy atom. The van der Waals surface area contributed by atoms with E-state index < -0.39 is 0 Å². The lowest BCUT2D eigenvalue weighted by Gasteiger charge is -2.10. The van der Waals surface area contributed by atoms with Crippen molar-refractivity contribution in [3.05, 3.63) is 0 Å². The normalized spacial score (nSPS) is 22.6. The number of rotatable bonds is 4. The number of carbonyl (C=O) groups is 1. The highest BCUT2D eigenvalue weighted by atomic mass is 32.2. The third kappa shape index (κ3) is 3.45. The largest absolute Gasteiger partial charge is 0.353 e. The summed E-state index contributed by atoms with van der Waals surface area (Å²) in [6, 6.07) is 0.417. The average molecular weight is 188 g/mol. The van der Waals surface area contributed by atoms with E-state index in [0.29, 0.717) is 19.0 Å². The molecule has 1 fully saturated rings. The highest BCUT2D eigenvalue weighted by Crippen LogP contribution is 2.16. The predicted octanol–water partition coefficient (Wildman–Crippen LogP) is 0.347. The summed E-state index contributed by atoms with van der Waals surface area (Å²) in [4.78, 5) is 11.2. The Bertz CT molecular complexity index is 146. The maximum atomic E-state index is 11.2. The molecule has 1 saturated heterocycles. The van der Waals surface area contributed by atoms with Crippen LogP contribution in [0.2, 0.25) is 0 Å². The minimum Gasteiger partial charge on any atom is -0.353 e. The third-order valence-electron chi connectivity index (χ3n) is 1.90. The lowest BCUT2D eigenvalue weighted by Crippen LogP contribution is -2.34. The fourth-order valence-electron chi connectivity index (χ4n) is 1.21. The maximum absolute atomic E-state index is 11.2. The van der Waals surface area contributed by atoms with Crippen LogP contribution in [-0.2, 0) is 4.79 Å². The summed E-state index contributed by atoms with van der Waals surface area (Å²) < 4.78 is 0.